The van der Waals surface area contributed by atoms with Gasteiger partial charge in [0.25, 0.3) is 0 Å². The highest BCUT2D eigenvalue weighted by molar-refractivity contribution is 5.70. The molecule has 3 heteroatoms. The number of anilines is 2. The second-order valence-corrected chi connectivity index (χ2v) is 7.31. The van der Waals surface area contributed by atoms with Crippen molar-refractivity contribution in [1.82, 2.24) is 0 Å². The Balaban J connectivity index is 1.73. The van der Waals surface area contributed by atoms with Crippen LogP contribution >= 0.6 is 0 Å². The van der Waals surface area contributed by atoms with Gasteiger partial charge < -0.3 is 14.7 Å². The van der Waals surface area contributed by atoms with Gasteiger partial charge in [0.15, 0.2) is 0 Å². The fourth-order valence-corrected chi connectivity index (χ4v) is 3.84. The number of aryl methyl sites for hydroxylation is 1. The molecule has 0 radical (unpaired) electrons. The highest BCUT2D eigenvalue weighted by atomic mass is 16.5. The van der Waals surface area contributed by atoms with Crippen molar-refractivity contribution < 1.29 is 9.84 Å². The number of hydrogen-bond donors (Lipinski definition) is 1. The van der Waals surface area contributed by atoms with Gasteiger partial charge in [0.1, 0.15) is 11.5 Å². The lowest BCUT2D eigenvalue weighted by molar-refractivity contribution is 0.242. The van der Waals surface area contributed by atoms with E-state index in [2.05, 4.69) is 53.4 Å². The van der Waals surface area contributed by atoms with Gasteiger partial charge in [-0.2, -0.15) is 0 Å². The highest BCUT2D eigenvalue weighted by Crippen LogP contribution is 2.44. The molecule has 0 saturated carbocycles. The molecule has 0 spiro atoms. The summed E-state index contributed by atoms with van der Waals surface area (Å²) in [5, 5.41) is 9.70. The molecule has 0 aromatic heterocycles. The maximum Gasteiger partial charge on any atom is 0.119 e. The van der Waals surface area contributed by atoms with E-state index in [1.165, 1.54) is 16.8 Å². The number of nitrogens with zero attached hydrogens (tertiary/aromatic N) is 1. The predicted molar refractivity (Wildman–Crippen MR) is 110 cm³/mol. The van der Waals surface area contributed by atoms with Crippen molar-refractivity contribution in [2.45, 2.75) is 38.8 Å². The third-order valence-electron chi connectivity index (χ3n) is 5.01. The van der Waals surface area contributed by atoms with Gasteiger partial charge in [0, 0.05) is 11.4 Å². The van der Waals surface area contributed by atoms with Crippen molar-refractivity contribution in [3.05, 3.63) is 83.9 Å². The van der Waals surface area contributed by atoms with Crippen molar-refractivity contribution in [3.8, 4) is 11.5 Å². The predicted octanol–water partition coefficient (Wildman–Crippen LogP) is 6.01. The van der Waals surface area contributed by atoms with E-state index < -0.39 is 0 Å². The topological polar surface area (TPSA) is 32.7 Å². The van der Waals surface area contributed by atoms with Crippen LogP contribution in [0.25, 0.3) is 0 Å². The maximum absolute atomic E-state index is 9.70. The Morgan fingerprint density at radius 2 is 1.63 bits per heavy atom. The summed E-state index contributed by atoms with van der Waals surface area (Å²) in [5.41, 5.74) is 4.96. The molecule has 0 fully saturated rings. The van der Waals surface area contributed by atoms with Crippen LogP contribution in [0, 0.1) is 0 Å². The fraction of sp³-hybridized carbons (Fsp3) is 0.250. The van der Waals surface area contributed by atoms with Crippen LogP contribution in [0.5, 0.6) is 11.5 Å². The first kappa shape index (κ1) is 17.5. The second-order valence-electron chi connectivity index (χ2n) is 7.31. The summed E-state index contributed by atoms with van der Waals surface area (Å²) in [5.74, 6) is 1.19. The van der Waals surface area contributed by atoms with E-state index in [0.29, 0.717) is 0 Å². The number of fused-ring (bicyclic) bond motifs is 1. The molecule has 1 aliphatic heterocycles. The number of phenols is 1. The minimum atomic E-state index is 0.172. The molecule has 1 N–H and O–H groups in total. The van der Waals surface area contributed by atoms with Gasteiger partial charge >= 0.3 is 0 Å². The normalized spacial score (nSPS) is 16.3. The lowest BCUT2D eigenvalue weighted by atomic mass is 9.90. The third-order valence-corrected chi connectivity index (χ3v) is 5.01. The Hall–Kier alpha value is -2.94. The summed E-state index contributed by atoms with van der Waals surface area (Å²) in [6, 6.07) is 24.8. The van der Waals surface area contributed by atoms with Gasteiger partial charge in [-0.05, 0) is 80.3 Å². The molecule has 0 amide bonds. The van der Waals surface area contributed by atoms with Crippen LogP contribution < -0.4 is 9.64 Å². The number of aromatic hydroxyl groups is 1. The maximum atomic E-state index is 9.70. The molecule has 3 aromatic carbocycles. The Morgan fingerprint density at radius 3 is 2.33 bits per heavy atom. The zero-order valence-corrected chi connectivity index (χ0v) is 15.8. The molecule has 1 unspecified atom stereocenters. The number of ether oxygens (including phenoxy) is 1. The lowest BCUT2D eigenvalue weighted by Gasteiger charge is -2.39. The second kappa shape index (κ2) is 7.36. The lowest BCUT2D eigenvalue weighted by Crippen LogP contribution is -2.29. The van der Waals surface area contributed by atoms with Crippen LogP contribution in [0.2, 0.25) is 0 Å². The van der Waals surface area contributed by atoms with E-state index in [0.717, 1.165) is 24.3 Å². The van der Waals surface area contributed by atoms with Gasteiger partial charge in [-0.3, -0.25) is 0 Å². The van der Waals surface area contributed by atoms with Crippen molar-refractivity contribution >= 4 is 11.4 Å². The molecule has 0 saturated heterocycles. The zero-order valence-electron chi connectivity index (χ0n) is 15.8. The minimum Gasteiger partial charge on any atom is -0.508 e. The van der Waals surface area contributed by atoms with Crippen LogP contribution in [0.4, 0.5) is 11.4 Å². The van der Waals surface area contributed by atoms with Crippen LogP contribution in [0.1, 0.15) is 37.4 Å². The quantitative estimate of drug-likeness (QED) is 0.619. The number of hydrogen-bond acceptors (Lipinski definition) is 3. The monoisotopic (exact) mass is 359 g/mol. The summed E-state index contributed by atoms with van der Waals surface area (Å²) < 4.78 is 5.80. The van der Waals surface area contributed by atoms with Gasteiger partial charge in [-0.25, -0.2) is 0 Å². The standard InChI is InChI=1S/C24H25NO2/c1-17(2)27-22-14-7-19(8-15-22)24-16-9-18-5-3-4-6-23(18)25(24)20-10-12-21(26)13-11-20/h3-8,10-15,17,24,26H,9,16H2,1-2H3. The highest BCUT2D eigenvalue weighted by Gasteiger charge is 2.28. The Labute approximate surface area is 160 Å². The van der Waals surface area contributed by atoms with Crippen LogP contribution in [0.3, 0.4) is 0 Å². The van der Waals surface area contributed by atoms with Crippen LogP contribution in [0.15, 0.2) is 72.8 Å². The van der Waals surface area contributed by atoms with Crippen molar-refractivity contribution in [2.75, 3.05) is 4.90 Å². The molecule has 1 atom stereocenters. The first-order chi connectivity index (χ1) is 13.1. The smallest absolute Gasteiger partial charge is 0.119 e. The molecule has 3 nitrogen and oxygen atoms in total. The summed E-state index contributed by atoms with van der Waals surface area (Å²) in [6.07, 6.45) is 2.27. The summed E-state index contributed by atoms with van der Waals surface area (Å²) in [7, 11) is 0. The van der Waals surface area contributed by atoms with Gasteiger partial charge in [0.2, 0.25) is 0 Å². The van der Waals surface area contributed by atoms with Gasteiger partial charge in [0.05, 0.1) is 12.1 Å². The third kappa shape index (κ3) is 3.63. The van der Waals surface area contributed by atoms with Crippen molar-refractivity contribution in [1.29, 1.82) is 0 Å². The van der Waals surface area contributed by atoms with Gasteiger partial charge in [-0.1, -0.05) is 30.3 Å². The molecule has 1 heterocycles. The Kier molecular flexibility index (Phi) is 4.76. The van der Waals surface area contributed by atoms with Crippen molar-refractivity contribution in [2.24, 2.45) is 0 Å². The minimum absolute atomic E-state index is 0.172. The van der Waals surface area contributed by atoms with Crippen LogP contribution in [-0.2, 0) is 6.42 Å². The Bertz CT molecular complexity index is 900. The molecule has 138 valence electrons. The molecular formula is C24H25NO2. The molecular weight excluding hydrogens is 334 g/mol. The SMILES string of the molecule is CC(C)Oc1ccc(C2CCc3ccccc3N2c2ccc(O)cc2)cc1. The van der Waals surface area contributed by atoms with Gasteiger partial charge in [-0.15, -0.1) is 0 Å². The van der Waals surface area contributed by atoms with E-state index in [9.17, 15) is 5.11 Å². The molecule has 4 rings (SSSR count). The average Bonchev–Trinajstić information content (AvgIpc) is 2.68. The van der Waals surface area contributed by atoms with E-state index in [1.807, 2.05) is 26.0 Å². The molecule has 3 aromatic rings. The van der Waals surface area contributed by atoms with Crippen molar-refractivity contribution in [3.63, 3.8) is 0 Å². The molecule has 27 heavy (non-hydrogen) atoms. The molecule has 0 aliphatic carbocycles. The summed E-state index contributed by atoms with van der Waals surface area (Å²) in [6.45, 7) is 4.08. The largest absolute Gasteiger partial charge is 0.508 e. The summed E-state index contributed by atoms with van der Waals surface area (Å²) in [4.78, 5) is 2.39. The number of para-hydroxylation sites is 1. The average molecular weight is 359 g/mol. The van der Waals surface area contributed by atoms with E-state index in [1.54, 1.807) is 12.1 Å². The summed E-state index contributed by atoms with van der Waals surface area (Å²) >= 11 is 0. The molecule has 0 bridgehead atoms. The first-order valence-corrected chi connectivity index (χ1v) is 9.54. The van der Waals surface area contributed by atoms with E-state index >= 15 is 0 Å². The number of phenolic OH excluding ortho intramolecular Hbond substituents is 1. The first-order valence-electron chi connectivity index (χ1n) is 9.54. The number of rotatable bonds is 4. The number of benzene rings is 3. The van der Waals surface area contributed by atoms with Crippen LogP contribution in [-0.4, -0.2) is 11.2 Å². The molecule has 1 aliphatic rings. The Morgan fingerprint density at radius 1 is 0.926 bits per heavy atom. The van der Waals surface area contributed by atoms with E-state index in [-0.39, 0.29) is 17.9 Å². The van der Waals surface area contributed by atoms with E-state index in [4.69, 9.17) is 4.74 Å². The fourth-order valence-electron chi connectivity index (χ4n) is 3.84. The zero-order chi connectivity index (χ0) is 18.8.